The first-order valence-corrected chi connectivity index (χ1v) is 5.83. The van der Waals surface area contributed by atoms with Crippen LogP contribution in [-0.2, 0) is 14.3 Å². The molecule has 1 amide bonds. The Morgan fingerprint density at radius 1 is 1.53 bits per heavy atom. The molecular weight excluding hydrogens is 294 g/mol. The molecule has 1 saturated heterocycles. The van der Waals surface area contributed by atoms with Crippen LogP contribution < -0.4 is 5.32 Å². The summed E-state index contributed by atoms with van der Waals surface area (Å²) < 4.78 is 54.6. The summed E-state index contributed by atoms with van der Waals surface area (Å²) in [5.74, 6) is -7.85. The molecule has 9 heteroatoms. The fourth-order valence-electron chi connectivity index (χ4n) is 1.66. The molecule has 1 N–H and O–H groups in total. The minimum Gasteiger partial charge on any atom is -0.378 e. The summed E-state index contributed by atoms with van der Waals surface area (Å²) in [6, 6.07) is -1.11. The van der Waals surface area contributed by atoms with Crippen LogP contribution in [0.2, 0.25) is 0 Å². The van der Waals surface area contributed by atoms with Crippen molar-refractivity contribution >= 4 is 23.3 Å². The summed E-state index contributed by atoms with van der Waals surface area (Å²) in [5.41, 5.74) is -1.30. The lowest BCUT2D eigenvalue weighted by molar-refractivity contribution is -0.170. The van der Waals surface area contributed by atoms with E-state index in [1.165, 1.54) is 6.92 Å². The molecule has 2 atom stereocenters. The molecule has 4 nitrogen and oxygen atoms in total. The second-order valence-corrected chi connectivity index (χ2v) is 4.71. The SMILES string of the molecule is CC1(C(=O)CCl)COCC1NC(=O)C(F)(F)C(F)F. The number of carbonyl (C=O) groups excluding carboxylic acids is 2. The normalized spacial score (nSPS) is 27.6. The largest absolute Gasteiger partial charge is 0.383 e. The van der Waals surface area contributed by atoms with Gasteiger partial charge < -0.3 is 10.1 Å². The smallest absolute Gasteiger partial charge is 0.378 e. The second-order valence-electron chi connectivity index (χ2n) is 4.44. The van der Waals surface area contributed by atoms with Crippen LogP contribution in [-0.4, -0.2) is 49.2 Å². The maximum Gasteiger partial charge on any atom is 0.383 e. The molecule has 0 radical (unpaired) electrons. The summed E-state index contributed by atoms with van der Waals surface area (Å²) in [5, 5.41) is 1.73. The highest BCUT2D eigenvalue weighted by Gasteiger charge is 2.53. The van der Waals surface area contributed by atoms with E-state index in [1.54, 1.807) is 5.32 Å². The number of nitrogens with one attached hydrogen (secondary N) is 1. The number of hydrogen-bond donors (Lipinski definition) is 1. The zero-order valence-electron chi connectivity index (χ0n) is 9.89. The van der Waals surface area contributed by atoms with Gasteiger partial charge in [-0.15, -0.1) is 11.6 Å². The van der Waals surface area contributed by atoms with Crippen LogP contribution in [0.15, 0.2) is 0 Å². The number of hydrogen-bond acceptors (Lipinski definition) is 3. The van der Waals surface area contributed by atoms with Gasteiger partial charge in [-0.2, -0.15) is 8.78 Å². The fraction of sp³-hybridized carbons (Fsp3) is 0.800. The molecule has 0 spiro atoms. The first-order chi connectivity index (χ1) is 8.66. The average molecular weight is 306 g/mol. The van der Waals surface area contributed by atoms with E-state index in [2.05, 4.69) is 0 Å². The number of Topliss-reactive ketones (excluding diaryl/α,β-unsaturated/α-hetero) is 1. The van der Waals surface area contributed by atoms with Gasteiger partial charge in [0.25, 0.3) is 5.91 Å². The lowest BCUT2D eigenvalue weighted by Crippen LogP contribution is -2.55. The van der Waals surface area contributed by atoms with Crippen molar-refractivity contribution in [3.8, 4) is 0 Å². The van der Waals surface area contributed by atoms with E-state index in [0.717, 1.165) is 0 Å². The molecule has 1 aliphatic heterocycles. The van der Waals surface area contributed by atoms with Gasteiger partial charge in [0.15, 0.2) is 5.78 Å². The first kappa shape index (κ1) is 16.2. The summed E-state index contributed by atoms with van der Waals surface area (Å²) >= 11 is 5.38. The summed E-state index contributed by atoms with van der Waals surface area (Å²) in [7, 11) is 0. The Morgan fingerprint density at radius 3 is 2.58 bits per heavy atom. The topological polar surface area (TPSA) is 55.4 Å². The quantitative estimate of drug-likeness (QED) is 0.614. The van der Waals surface area contributed by atoms with Crippen LogP contribution >= 0.6 is 11.6 Å². The molecule has 19 heavy (non-hydrogen) atoms. The van der Waals surface area contributed by atoms with Crippen molar-refractivity contribution in [2.24, 2.45) is 5.41 Å². The van der Waals surface area contributed by atoms with Crippen molar-refractivity contribution in [3.05, 3.63) is 0 Å². The number of halogens is 5. The van der Waals surface area contributed by atoms with Crippen LogP contribution in [0.4, 0.5) is 17.6 Å². The van der Waals surface area contributed by atoms with E-state index in [1.807, 2.05) is 0 Å². The molecule has 0 bridgehead atoms. The third-order valence-electron chi connectivity index (χ3n) is 3.10. The van der Waals surface area contributed by atoms with Crippen molar-refractivity contribution < 1.29 is 31.9 Å². The average Bonchev–Trinajstić information content (AvgIpc) is 2.70. The molecule has 110 valence electrons. The van der Waals surface area contributed by atoms with Gasteiger partial charge in [-0.1, -0.05) is 0 Å². The Kier molecular flexibility index (Phi) is 4.78. The van der Waals surface area contributed by atoms with Crippen molar-refractivity contribution in [3.63, 3.8) is 0 Å². The minimum atomic E-state index is -4.81. The number of carbonyl (C=O) groups is 2. The zero-order valence-corrected chi connectivity index (χ0v) is 10.6. The van der Waals surface area contributed by atoms with E-state index in [0.29, 0.717) is 0 Å². The molecule has 0 aliphatic carbocycles. The second kappa shape index (κ2) is 5.62. The van der Waals surface area contributed by atoms with Crippen molar-refractivity contribution in [1.29, 1.82) is 0 Å². The van der Waals surface area contributed by atoms with E-state index >= 15 is 0 Å². The molecule has 2 unspecified atom stereocenters. The molecular formula is C10H12ClF4NO3. The van der Waals surface area contributed by atoms with Gasteiger partial charge in [-0.05, 0) is 6.92 Å². The molecule has 0 aromatic carbocycles. The lowest BCUT2D eigenvalue weighted by atomic mass is 9.81. The molecule has 0 aromatic heterocycles. The van der Waals surface area contributed by atoms with Gasteiger partial charge in [-0.3, -0.25) is 9.59 Å². The Labute approximate surface area is 111 Å². The van der Waals surface area contributed by atoms with Crippen molar-refractivity contribution in [1.82, 2.24) is 5.32 Å². The van der Waals surface area contributed by atoms with Gasteiger partial charge >= 0.3 is 12.3 Å². The molecule has 1 rings (SSSR count). The monoisotopic (exact) mass is 305 g/mol. The van der Waals surface area contributed by atoms with Crippen molar-refractivity contribution in [2.75, 3.05) is 19.1 Å². The molecule has 1 heterocycles. The zero-order chi connectivity index (χ0) is 14.8. The molecule has 0 saturated carbocycles. The number of rotatable bonds is 5. The van der Waals surface area contributed by atoms with Gasteiger partial charge in [0.2, 0.25) is 0 Å². The highest BCUT2D eigenvalue weighted by atomic mass is 35.5. The maximum atomic E-state index is 12.8. The summed E-state index contributed by atoms with van der Waals surface area (Å²) in [6.45, 7) is 1.03. The number of alkyl halides is 5. The van der Waals surface area contributed by atoms with Crippen LogP contribution in [0.25, 0.3) is 0 Å². The highest BCUT2D eigenvalue weighted by Crippen LogP contribution is 2.31. The highest BCUT2D eigenvalue weighted by molar-refractivity contribution is 6.28. The lowest BCUT2D eigenvalue weighted by Gasteiger charge is -2.29. The van der Waals surface area contributed by atoms with Gasteiger partial charge in [0.05, 0.1) is 30.6 Å². The molecule has 1 aliphatic rings. The third-order valence-corrected chi connectivity index (χ3v) is 3.34. The third kappa shape index (κ3) is 3.00. The van der Waals surface area contributed by atoms with Crippen LogP contribution in [0.3, 0.4) is 0 Å². The Hall–Kier alpha value is -0.890. The first-order valence-electron chi connectivity index (χ1n) is 5.30. The number of amides is 1. The van der Waals surface area contributed by atoms with Crippen LogP contribution in [0.1, 0.15) is 6.92 Å². The van der Waals surface area contributed by atoms with E-state index in [9.17, 15) is 27.2 Å². The van der Waals surface area contributed by atoms with Gasteiger partial charge in [0, 0.05) is 0 Å². The van der Waals surface area contributed by atoms with E-state index in [-0.39, 0.29) is 13.2 Å². The predicted molar refractivity (Wildman–Crippen MR) is 57.5 cm³/mol. The Bertz CT molecular complexity index is 380. The number of ether oxygens (including phenoxy) is 1. The Morgan fingerprint density at radius 2 is 2.11 bits per heavy atom. The summed E-state index contributed by atoms with van der Waals surface area (Å²) in [6.07, 6.45) is -4.12. The Balaban J connectivity index is 2.82. The maximum absolute atomic E-state index is 12.8. The standard InChI is InChI=1S/C10H12ClF4NO3/c1-9(6(17)2-11)4-19-3-5(9)16-8(18)10(14,15)7(12)13/h5,7H,2-4H2,1H3,(H,16,18). The van der Waals surface area contributed by atoms with E-state index in [4.69, 9.17) is 16.3 Å². The number of ketones is 1. The van der Waals surface area contributed by atoms with E-state index < -0.39 is 41.4 Å². The molecule has 0 aromatic rings. The molecule has 1 fully saturated rings. The minimum absolute atomic E-state index is 0.121. The fourth-order valence-corrected chi connectivity index (χ4v) is 1.96. The van der Waals surface area contributed by atoms with Crippen molar-refractivity contribution in [2.45, 2.75) is 25.3 Å². The summed E-state index contributed by atoms with van der Waals surface area (Å²) in [4.78, 5) is 22.7. The van der Waals surface area contributed by atoms with Gasteiger partial charge in [-0.25, -0.2) is 8.78 Å². The van der Waals surface area contributed by atoms with Crippen LogP contribution in [0, 0.1) is 5.41 Å². The predicted octanol–water partition coefficient (Wildman–Crippen LogP) is 1.22. The van der Waals surface area contributed by atoms with Gasteiger partial charge in [0.1, 0.15) is 0 Å². The van der Waals surface area contributed by atoms with Crippen LogP contribution in [0.5, 0.6) is 0 Å².